The second-order valence-electron chi connectivity index (χ2n) is 5.04. The molecule has 0 radical (unpaired) electrons. The topological polar surface area (TPSA) is 133 Å². The summed E-state index contributed by atoms with van der Waals surface area (Å²) in [6, 6.07) is 3.03. The van der Waals surface area contributed by atoms with Crippen LogP contribution in [-0.2, 0) is 14.8 Å². The molecule has 0 aromatic heterocycles. The molecule has 1 amide bonds. The van der Waals surface area contributed by atoms with Gasteiger partial charge in [-0.05, 0) is 31.0 Å². The van der Waals surface area contributed by atoms with Crippen molar-refractivity contribution >= 4 is 27.3 Å². The molecule has 1 aromatic rings. The molecule has 0 aliphatic carbocycles. The van der Waals surface area contributed by atoms with E-state index in [4.69, 9.17) is 16.6 Å². The molecule has 6 N–H and O–H groups in total. The fourth-order valence-corrected chi connectivity index (χ4v) is 3.36. The third-order valence-corrected chi connectivity index (χ3v) is 4.63. The predicted octanol–water partition coefficient (Wildman–Crippen LogP) is -0.464. The molecule has 0 saturated carbocycles. The molecule has 1 aliphatic heterocycles. The van der Waals surface area contributed by atoms with Gasteiger partial charge in [0.2, 0.25) is 15.9 Å². The van der Waals surface area contributed by atoms with E-state index in [1.807, 2.05) is 4.90 Å². The predicted molar refractivity (Wildman–Crippen MR) is 76.5 cm³/mol. The molecule has 1 atom stereocenters. The smallest absolute Gasteiger partial charge is 0.238 e. The third-order valence-electron chi connectivity index (χ3n) is 3.59. The van der Waals surface area contributed by atoms with Crippen LogP contribution in [0, 0.1) is 12.8 Å². The van der Waals surface area contributed by atoms with Gasteiger partial charge in [-0.3, -0.25) is 4.79 Å². The summed E-state index contributed by atoms with van der Waals surface area (Å²) >= 11 is 0. The monoisotopic (exact) mass is 298 g/mol. The van der Waals surface area contributed by atoms with Gasteiger partial charge in [-0.1, -0.05) is 0 Å². The van der Waals surface area contributed by atoms with E-state index in [0.29, 0.717) is 36.4 Å². The maximum atomic E-state index is 11.6. The highest BCUT2D eigenvalue weighted by Gasteiger charge is 2.29. The number of nitrogens with zero attached hydrogens (tertiary/aromatic N) is 1. The molecule has 8 heteroatoms. The number of rotatable bonds is 3. The molecule has 1 saturated heterocycles. The summed E-state index contributed by atoms with van der Waals surface area (Å²) in [6.45, 7) is 2.76. The lowest BCUT2D eigenvalue weighted by Crippen LogP contribution is -2.28. The molecule has 7 nitrogen and oxygen atoms in total. The van der Waals surface area contributed by atoms with E-state index in [1.54, 1.807) is 13.0 Å². The summed E-state index contributed by atoms with van der Waals surface area (Å²) in [5, 5.41) is 5.19. The lowest BCUT2D eigenvalue weighted by Gasteiger charge is -2.22. The summed E-state index contributed by atoms with van der Waals surface area (Å²) in [5.41, 5.74) is 12.6. The van der Waals surface area contributed by atoms with Gasteiger partial charge in [0.15, 0.2) is 0 Å². The van der Waals surface area contributed by atoms with Crippen LogP contribution in [0.1, 0.15) is 12.0 Å². The van der Waals surface area contributed by atoms with Crippen LogP contribution in [0.3, 0.4) is 0 Å². The third kappa shape index (κ3) is 2.70. The van der Waals surface area contributed by atoms with Gasteiger partial charge in [-0.2, -0.15) is 0 Å². The lowest BCUT2D eigenvalue weighted by molar-refractivity contribution is -0.121. The molecule has 110 valence electrons. The van der Waals surface area contributed by atoms with Crippen LogP contribution in [0.4, 0.5) is 11.4 Å². The van der Waals surface area contributed by atoms with Crippen molar-refractivity contribution in [2.75, 3.05) is 23.7 Å². The van der Waals surface area contributed by atoms with E-state index in [9.17, 15) is 13.2 Å². The second kappa shape index (κ2) is 4.95. The average Bonchev–Trinajstić information content (AvgIpc) is 2.79. The number of carbonyl (C=O) groups excluding carboxylic acids is 1. The van der Waals surface area contributed by atoms with E-state index in [0.717, 1.165) is 0 Å². The highest BCUT2D eigenvalue weighted by atomic mass is 32.2. The first kappa shape index (κ1) is 14.6. The molecule has 1 unspecified atom stereocenters. The Kier molecular flexibility index (Phi) is 3.61. The molecule has 0 spiro atoms. The Hall–Kier alpha value is -1.80. The minimum atomic E-state index is -3.84. The van der Waals surface area contributed by atoms with Gasteiger partial charge < -0.3 is 16.4 Å². The summed E-state index contributed by atoms with van der Waals surface area (Å²) in [7, 11) is -3.84. The zero-order valence-electron chi connectivity index (χ0n) is 11.2. The number of nitrogens with two attached hydrogens (primary N) is 3. The van der Waals surface area contributed by atoms with Crippen LogP contribution in [0.15, 0.2) is 17.0 Å². The minimum absolute atomic E-state index is 0.00928. The molecule has 20 heavy (non-hydrogen) atoms. The average molecular weight is 298 g/mol. The van der Waals surface area contributed by atoms with Crippen molar-refractivity contribution in [3.05, 3.63) is 17.7 Å². The molecule has 2 rings (SSSR count). The van der Waals surface area contributed by atoms with Gasteiger partial charge in [-0.25, -0.2) is 13.6 Å². The second-order valence-corrected chi connectivity index (χ2v) is 6.57. The van der Waals surface area contributed by atoms with Crippen molar-refractivity contribution in [3.8, 4) is 0 Å². The number of hydrogen-bond acceptors (Lipinski definition) is 5. The van der Waals surface area contributed by atoms with Crippen molar-refractivity contribution in [3.63, 3.8) is 0 Å². The standard InChI is InChI=1S/C12H18N4O3S/c1-7-10(16-3-2-8(6-16)12(14)17)4-9(13)5-11(7)20(15,18)19/h4-5,8H,2-3,6,13H2,1H3,(H2,14,17)(H2,15,18,19). The number of amides is 1. The van der Waals surface area contributed by atoms with E-state index in [1.165, 1.54) is 6.07 Å². The Balaban J connectivity index is 2.44. The SMILES string of the molecule is Cc1c(N2CCC(C(N)=O)C2)cc(N)cc1S(N)(=O)=O. The van der Waals surface area contributed by atoms with E-state index in [2.05, 4.69) is 0 Å². The van der Waals surface area contributed by atoms with Crippen LogP contribution >= 0.6 is 0 Å². The summed E-state index contributed by atoms with van der Waals surface area (Å²) < 4.78 is 23.2. The highest BCUT2D eigenvalue weighted by molar-refractivity contribution is 7.89. The first-order valence-electron chi connectivity index (χ1n) is 6.17. The van der Waals surface area contributed by atoms with Crippen molar-refractivity contribution in [1.29, 1.82) is 0 Å². The largest absolute Gasteiger partial charge is 0.399 e. The number of anilines is 2. The molecule has 0 bridgehead atoms. The normalized spacial score (nSPS) is 19.3. The molecule has 1 aromatic carbocycles. The van der Waals surface area contributed by atoms with Gasteiger partial charge in [0.25, 0.3) is 0 Å². The zero-order chi connectivity index (χ0) is 15.1. The lowest BCUT2D eigenvalue weighted by atomic mass is 10.1. The molecule has 1 aliphatic rings. The van der Waals surface area contributed by atoms with Crippen LogP contribution in [0.2, 0.25) is 0 Å². The molecular formula is C12H18N4O3S. The molecule has 1 fully saturated rings. The van der Waals surface area contributed by atoms with Gasteiger partial charge in [0.05, 0.1) is 10.8 Å². The molecular weight excluding hydrogens is 280 g/mol. The van der Waals surface area contributed by atoms with Crippen LogP contribution in [0.5, 0.6) is 0 Å². The Morgan fingerprint density at radius 2 is 2.05 bits per heavy atom. The number of primary amides is 1. The number of sulfonamides is 1. The highest BCUT2D eigenvalue weighted by Crippen LogP contribution is 2.32. The van der Waals surface area contributed by atoms with E-state index < -0.39 is 10.0 Å². The van der Waals surface area contributed by atoms with Crippen LogP contribution < -0.4 is 21.5 Å². The first-order chi connectivity index (χ1) is 9.20. The summed E-state index contributed by atoms with van der Waals surface area (Å²) in [6.07, 6.45) is 0.647. The quantitative estimate of drug-likeness (QED) is 0.649. The van der Waals surface area contributed by atoms with Crippen molar-refractivity contribution < 1.29 is 13.2 Å². The summed E-state index contributed by atoms with van der Waals surface area (Å²) in [4.78, 5) is 13.1. The van der Waals surface area contributed by atoms with E-state index >= 15 is 0 Å². The Morgan fingerprint density at radius 1 is 1.40 bits per heavy atom. The zero-order valence-corrected chi connectivity index (χ0v) is 12.0. The Labute approximate surface area is 117 Å². The number of primary sulfonamides is 1. The van der Waals surface area contributed by atoms with Crippen molar-refractivity contribution in [2.24, 2.45) is 16.8 Å². The number of benzene rings is 1. The first-order valence-corrected chi connectivity index (χ1v) is 7.72. The number of hydrogen-bond donors (Lipinski definition) is 3. The van der Waals surface area contributed by atoms with Gasteiger partial charge >= 0.3 is 0 Å². The number of carbonyl (C=O) groups is 1. The molecule has 1 heterocycles. The number of nitrogen functional groups attached to an aromatic ring is 1. The van der Waals surface area contributed by atoms with Gasteiger partial charge in [-0.15, -0.1) is 0 Å². The van der Waals surface area contributed by atoms with Crippen LogP contribution in [-0.4, -0.2) is 27.4 Å². The maximum absolute atomic E-state index is 11.6. The van der Waals surface area contributed by atoms with Gasteiger partial charge in [0, 0.05) is 24.5 Å². The fourth-order valence-electron chi connectivity index (χ4n) is 2.53. The maximum Gasteiger partial charge on any atom is 0.238 e. The van der Waals surface area contributed by atoms with Crippen molar-refractivity contribution in [1.82, 2.24) is 0 Å². The Bertz CT molecular complexity index is 657. The minimum Gasteiger partial charge on any atom is -0.399 e. The van der Waals surface area contributed by atoms with E-state index in [-0.39, 0.29) is 16.7 Å². The van der Waals surface area contributed by atoms with Gasteiger partial charge in [0.1, 0.15) is 0 Å². The Morgan fingerprint density at radius 3 is 2.55 bits per heavy atom. The van der Waals surface area contributed by atoms with Crippen LogP contribution in [0.25, 0.3) is 0 Å². The fraction of sp³-hybridized carbons (Fsp3) is 0.417. The summed E-state index contributed by atoms with van der Waals surface area (Å²) in [5.74, 6) is -0.575. The van der Waals surface area contributed by atoms with Crippen molar-refractivity contribution in [2.45, 2.75) is 18.2 Å².